The summed E-state index contributed by atoms with van der Waals surface area (Å²) in [5, 5.41) is 2.63. The Labute approximate surface area is 107 Å². The van der Waals surface area contributed by atoms with Crippen molar-refractivity contribution in [1.29, 1.82) is 0 Å². The van der Waals surface area contributed by atoms with Crippen molar-refractivity contribution in [1.82, 2.24) is 5.32 Å². The Morgan fingerprint density at radius 3 is 2.74 bits per heavy atom. The first-order chi connectivity index (χ1) is 8.85. The number of rotatable bonds is 2. The minimum atomic E-state index is -4.78. The van der Waals surface area contributed by atoms with E-state index in [4.69, 9.17) is 5.73 Å². The largest absolute Gasteiger partial charge is 0.573 e. The zero-order valence-corrected chi connectivity index (χ0v) is 9.96. The molecular formula is C12H13F3N2O2. The third kappa shape index (κ3) is 3.52. The topological polar surface area (TPSA) is 64.3 Å². The average Bonchev–Trinajstić information content (AvgIpc) is 2.26. The zero-order chi connectivity index (χ0) is 14.0. The molecule has 1 aliphatic heterocycles. The molecule has 1 aromatic carbocycles. The van der Waals surface area contributed by atoms with Gasteiger partial charge in [0, 0.05) is 24.7 Å². The van der Waals surface area contributed by atoms with Crippen molar-refractivity contribution in [2.24, 2.45) is 0 Å². The van der Waals surface area contributed by atoms with Gasteiger partial charge in [-0.15, -0.1) is 13.2 Å². The summed E-state index contributed by atoms with van der Waals surface area (Å²) < 4.78 is 41.1. The number of anilines is 1. The van der Waals surface area contributed by atoms with Gasteiger partial charge in [-0.1, -0.05) is 6.07 Å². The molecule has 1 aliphatic rings. The summed E-state index contributed by atoms with van der Waals surface area (Å²) in [5.41, 5.74) is 6.02. The average molecular weight is 274 g/mol. The van der Waals surface area contributed by atoms with Gasteiger partial charge in [0.2, 0.25) is 5.91 Å². The van der Waals surface area contributed by atoms with Crippen molar-refractivity contribution in [3.63, 3.8) is 0 Å². The number of benzene rings is 1. The van der Waals surface area contributed by atoms with E-state index in [9.17, 15) is 18.0 Å². The minimum Gasteiger partial charge on any atom is -0.405 e. The van der Waals surface area contributed by atoms with Crippen LogP contribution in [0.15, 0.2) is 18.2 Å². The number of piperidine rings is 1. The molecule has 0 spiro atoms. The van der Waals surface area contributed by atoms with Crippen molar-refractivity contribution < 1.29 is 22.7 Å². The quantitative estimate of drug-likeness (QED) is 0.812. The Bertz CT molecular complexity index is 488. The molecule has 1 atom stereocenters. The van der Waals surface area contributed by atoms with Crippen molar-refractivity contribution in [3.8, 4) is 5.75 Å². The van der Waals surface area contributed by atoms with Gasteiger partial charge in [-0.2, -0.15) is 0 Å². The van der Waals surface area contributed by atoms with Crippen LogP contribution in [-0.2, 0) is 4.79 Å². The summed E-state index contributed by atoms with van der Waals surface area (Å²) in [4.78, 5) is 11.3. The van der Waals surface area contributed by atoms with Gasteiger partial charge >= 0.3 is 6.36 Å². The van der Waals surface area contributed by atoms with Gasteiger partial charge in [0.05, 0.1) is 0 Å². The van der Waals surface area contributed by atoms with Gasteiger partial charge in [0.1, 0.15) is 5.75 Å². The molecule has 1 heterocycles. The lowest BCUT2D eigenvalue weighted by Crippen LogP contribution is -2.33. The second kappa shape index (κ2) is 4.99. The van der Waals surface area contributed by atoms with Crippen LogP contribution in [0.2, 0.25) is 0 Å². The second-order valence-corrected chi connectivity index (χ2v) is 4.38. The highest BCUT2D eigenvalue weighted by Crippen LogP contribution is 2.36. The summed E-state index contributed by atoms with van der Waals surface area (Å²) in [7, 11) is 0. The lowest BCUT2D eigenvalue weighted by molar-refractivity contribution is -0.274. The fourth-order valence-electron chi connectivity index (χ4n) is 2.15. The zero-order valence-electron chi connectivity index (χ0n) is 9.96. The highest BCUT2D eigenvalue weighted by atomic mass is 19.4. The molecule has 0 aliphatic carbocycles. The molecule has 0 unspecified atom stereocenters. The molecule has 0 bridgehead atoms. The normalized spacial score (nSPS) is 19.9. The van der Waals surface area contributed by atoms with E-state index in [0.29, 0.717) is 18.5 Å². The van der Waals surface area contributed by atoms with Gasteiger partial charge in [-0.25, -0.2) is 0 Å². The fraction of sp³-hybridized carbons (Fsp3) is 0.417. The number of carbonyl (C=O) groups is 1. The van der Waals surface area contributed by atoms with Gasteiger partial charge in [-0.3, -0.25) is 4.79 Å². The summed E-state index contributed by atoms with van der Waals surface area (Å²) >= 11 is 0. The summed E-state index contributed by atoms with van der Waals surface area (Å²) in [5.74, 6) is -0.787. The predicted molar refractivity (Wildman–Crippen MR) is 62.5 cm³/mol. The molecule has 1 fully saturated rings. The Kier molecular flexibility index (Phi) is 3.55. The van der Waals surface area contributed by atoms with E-state index >= 15 is 0 Å². The molecule has 4 nitrogen and oxygen atoms in total. The fourth-order valence-corrected chi connectivity index (χ4v) is 2.15. The Morgan fingerprint density at radius 1 is 1.37 bits per heavy atom. The highest BCUT2D eigenvalue weighted by Gasteiger charge is 2.33. The van der Waals surface area contributed by atoms with E-state index in [1.54, 1.807) is 0 Å². The number of nitrogens with one attached hydrogen (secondary N) is 1. The third-order valence-corrected chi connectivity index (χ3v) is 2.95. The Morgan fingerprint density at radius 2 is 2.11 bits per heavy atom. The van der Waals surface area contributed by atoms with E-state index in [0.717, 1.165) is 6.07 Å². The van der Waals surface area contributed by atoms with E-state index in [1.807, 2.05) is 0 Å². The number of nitrogens with two attached hydrogens (primary N) is 1. The Hall–Kier alpha value is -1.92. The molecule has 0 saturated carbocycles. The molecule has 19 heavy (non-hydrogen) atoms. The smallest absolute Gasteiger partial charge is 0.405 e. The Balaban J connectivity index is 2.30. The van der Waals surface area contributed by atoms with E-state index in [-0.39, 0.29) is 29.7 Å². The van der Waals surface area contributed by atoms with E-state index in [2.05, 4.69) is 10.1 Å². The summed E-state index contributed by atoms with van der Waals surface area (Å²) in [6.07, 6.45) is -4.05. The lowest BCUT2D eigenvalue weighted by atomic mass is 9.89. The second-order valence-electron chi connectivity index (χ2n) is 4.38. The predicted octanol–water partition coefficient (Wildman–Crippen LogP) is 2.16. The lowest BCUT2D eigenvalue weighted by Gasteiger charge is -2.24. The molecule has 3 N–H and O–H groups in total. The van der Waals surface area contributed by atoms with E-state index < -0.39 is 6.36 Å². The molecule has 0 aromatic heterocycles. The van der Waals surface area contributed by atoms with Crippen molar-refractivity contribution >= 4 is 11.6 Å². The highest BCUT2D eigenvalue weighted by molar-refractivity contribution is 5.78. The maximum atomic E-state index is 12.4. The number of carbonyl (C=O) groups excluding carboxylic acids is 1. The maximum absolute atomic E-state index is 12.4. The monoisotopic (exact) mass is 274 g/mol. The van der Waals surface area contributed by atoms with Crippen LogP contribution in [0.5, 0.6) is 5.75 Å². The number of ether oxygens (including phenoxy) is 1. The number of amides is 1. The number of hydrogen-bond donors (Lipinski definition) is 2. The van der Waals surface area contributed by atoms with Crippen LogP contribution in [0.4, 0.5) is 18.9 Å². The number of halogens is 3. The molecular weight excluding hydrogens is 261 g/mol. The van der Waals surface area contributed by atoms with Crippen LogP contribution in [0, 0.1) is 0 Å². The van der Waals surface area contributed by atoms with Crippen LogP contribution in [0.3, 0.4) is 0 Å². The first kappa shape index (κ1) is 13.5. The van der Waals surface area contributed by atoms with Crippen molar-refractivity contribution in [2.45, 2.75) is 25.1 Å². The molecule has 0 radical (unpaired) electrons. The molecule has 1 aromatic rings. The van der Waals surface area contributed by atoms with Crippen molar-refractivity contribution in [2.75, 3.05) is 12.3 Å². The number of nitrogen functional groups attached to an aromatic ring is 1. The number of hydrogen-bond acceptors (Lipinski definition) is 3. The molecule has 104 valence electrons. The van der Waals surface area contributed by atoms with Crippen LogP contribution >= 0.6 is 0 Å². The van der Waals surface area contributed by atoms with Gasteiger partial charge < -0.3 is 15.8 Å². The van der Waals surface area contributed by atoms with Crippen LogP contribution in [-0.4, -0.2) is 18.8 Å². The van der Waals surface area contributed by atoms with Crippen LogP contribution in [0.1, 0.15) is 24.3 Å². The standard InChI is InChI=1S/C12H13F3N2O2/c13-12(14,15)19-10-6-8(16)1-2-9(10)7-3-4-17-11(18)5-7/h1-2,6-7H,3-5,16H2,(H,17,18)/t7-/m1/s1. The maximum Gasteiger partial charge on any atom is 0.573 e. The van der Waals surface area contributed by atoms with Crippen molar-refractivity contribution in [3.05, 3.63) is 23.8 Å². The number of alkyl halides is 3. The van der Waals surface area contributed by atoms with Gasteiger partial charge in [-0.05, 0) is 24.0 Å². The van der Waals surface area contributed by atoms with Crippen LogP contribution in [0.25, 0.3) is 0 Å². The van der Waals surface area contributed by atoms with Gasteiger partial charge in [0.15, 0.2) is 0 Å². The molecule has 2 rings (SSSR count). The summed E-state index contributed by atoms with van der Waals surface area (Å²) in [6, 6.07) is 4.13. The van der Waals surface area contributed by atoms with Gasteiger partial charge in [0.25, 0.3) is 0 Å². The summed E-state index contributed by atoms with van der Waals surface area (Å²) in [6.45, 7) is 0.444. The minimum absolute atomic E-state index is 0.151. The third-order valence-electron chi connectivity index (χ3n) is 2.95. The SMILES string of the molecule is Nc1ccc([C@@H]2CCNC(=O)C2)c(OC(F)(F)F)c1. The molecule has 7 heteroatoms. The van der Waals surface area contributed by atoms with Crippen LogP contribution < -0.4 is 15.8 Å². The first-order valence-corrected chi connectivity index (χ1v) is 5.77. The first-order valence-electron chi connectivity index (χ1n) is 5.77. The molecule has 1 amide bonds. The van der Waals surface area contributed by atoms with E-state index in [1.165, 1.54) is 12.1 Å². The molecule has 1 saturated heterocycles.